The number of hydrogen-bond acceptors (Lipinski definition) is 3. The van der Waals surface area contributed by atoms with E-state index in [2.05, 4.69) is 10.2 Å². The molecule has 1 atom stereocenters. The van der Waals surface area contributed by atoms with Gasteiger partial charge in [0.2, 0.25) is 0 Å². The zero-order chi connectivity index (χ0) is 10.5. The molecule has 78 valence electrons. The van der Waals surface area contributed by atoms with Crippen LogP contribution in [0.5, 0.6) is 0 Å². The highest BCUT2D eigenvalue weighted by molar-refractivity contribution is 5.38. The van der Waals surface area contributed by atoms with E-state index in [-0.39, 0.29) is 5.54 Å². The number of pyridine rings is 1. The first-order valence-corrected chi connectivity index (χ1v) is 5.29. The Morgan fingerprint density at radius 1 is 1.40 bits per heavy atom. The lowest BCUT2D eigenvalue weighted by Crippen LogP contribution is -2.37. The molecule has 4 heteroatoms. The molecule has 2 aromatic heterocycles. The first-order chi connectivity index (χ1) is 7.19. The van der Waals surface area contributed by atoms with Crippen molar-refractivity contribution in [2.24, 2.45) is 11.7 Å². The van der Waals surface area contributed by atoms with Gasteiger partial charge in [-0.25, -0.2) is 0 Å². The number of nitrogens with two attached hydrogens (primary N) is 1. The van der Waals surface area contributed by atoms with Crippen LogP contribution in [0, 0.1) is 5.92 Å². The number of aromatic nitrogens is 3. The van der Waals surface area contributed by atoms with Gasteiger partial charge in [-0.05, 0) is 37.8 Å². The van der Waals surface area contributed by atoms with E-state index in [1.807, 2.05) is 35.7 Å². The van der Waals surface area contributed by atoms with Gasteiger partial charge in [-0.2, -0.15) is 0 Å². The van der Waals surface area contributed by atoms with Gasteiger partial charge in [-0.15, -0.1) is 10.2 Å². The van der Waals surface area contributed by atoms with Crippen LogP contribution >= 0.6 is 0 Å². The summed E-state index contributed by atoms with van der Waals surface area (Å²) in [4.78, 5) is 0. The van der Waals surface area contributed by atoms with Crippen molar-refractivity contribution in [3.63, 3.8) is 0 Å². The largest absolute Gasteiger partial charge is 0.319 e. The topological polar surface area (TPSA) is 56.2 Å². The molecule has 15 heavy (non-hydrogen) atoms. The van der Waals surface area contributed by atoms with E-state index in [0.717, 1.165) is 11.5 Å². The fourth-order valence-corrected chi connectivity index (χ4v) is 2.07. The third-order valence-electron chi connectivity index (χ3n) is 3.22. The molecule has 0 radical (unpaired) electrons. The first kappa shape index (κ1) is 8.85. The molecule has 2 N–H and O–H groups in total. The van der Waals surface area contributed by atoms with Crippen molar-refractivity contribution in [2.45, 2.75) is 25.3 Å². The van der Waals surface area contributed by atoms with Gasteiger partial charge >= 0.3 is 0 Å². The van der Waals surface area contributed by atoms with Gasteiger partial charge in [0.25, 0.3) is 0 Å². The van der Waals surface area contributed by atoms with Crippen molar-refractivity contribution >= 4 is 5.65 Å². The second-order valence-corrected chi connectivity index (χ2v) is 4.51. The second-order valence-electron chi connectivity index (χ2n) is 4.51. The molecule has 2 aromatic rings. The van der Waals surface area contributed by atoms with Gasteiger partial charge in [0, 0.05) is 6.20 Å². The van der Waals surface area contributed by atoms with Crippen LogP contribution in [-0.4, -0.2) is 14.6 Å². The molecular weight excluding hydrogens is 188 g/mol. The first-order valence-electron chi connectivity index (χ1n) is 5.29. The molecule has 0 bridgehead atoms. The minimum Gasteiger partial charge on any atom is -0.319 e. The number of nitrogens with zero attached hydrogens (tertiary/aromatic N) is 3. The minimum atomic E-state index is -0.346. The summed E-state index contributed by atoms with van der Waals surface area (Å²) < 4.78 is 1.98. The molecule has 3 rings (SSSR count). The van der Waals surface area contributed by atoms with E-state index in [0.29, 0.717) is 5.92 Å². The van der Waals surface area contributed by atoms with Crippen LogP contribution in [0.4, 0.5) is 0 Å². The summed E-state index contributed by atoms with van der Waals surface area (Å²) in [6.45, 7) is 2.05. The van der Waals surface area contributed by atoms with E-state index >= 15 is 0 Å². The summed E-state index contributed by atoms with van der Waals surface area (Å²) in [5, 5.41) is 8.34. The quantitative estimate of drug-likeness (QED) is 0.798. The van der Waals surface area contributed by atoms with Crippen LogP contribution in [0.15, 0.2) is 24.4 Å². The highest BCUT2D eigenvalue weighted by Gasteiger charge is 2.42. The van der Waals surface area contributed by atoms with Gasteiger partial charge in [0.05, 0.1) is 5.54 Å². The summed E-state index contributed by atoms with van der Waals surface area (Å²) in [5.41, 5.74) is 6.85. The van der Waals surface area contributed by atoms with E-state index in [9.17, 15) is 0 Å². The van der Waals surface area contributed by atoms with Crippen LogP contribution in [0.25, 0.3) is 5.65 Å². The molecule has 0 spiro atoms. The number of hydrogen-bond donors (Lipinski definition) is 1. The molecule has 1 aliphatic rings. The molecule has 0 aromatic carbocycles. The fourth-order valence-electron chi connectivity index (χ4n) is 2.07. The SMILES string of the molecule is CC(N)(c1nnc2ccccn12)C1CC1. The van der Waals surface area contributed by atoms with Crippen molar-refractivity contribution in [1.82, 2.24) is 14.6 Å². The Morgan fingerprint density at radius 3 is 2.93 bits per heavy atom. The Labute approximate surface area is 88.1 Å². The van der Waals surface area contributed by atoms with E-state index in [4.69, 9.17) is 5.73 Å². The number of fused-ring (bicyclic) bond motifs is 1. The summed E-state index contributed by atoms with van der Waals surface area (Å²) in [6.07, 6.45) is 4.38. The monoisotopic (exact) mass is 202 g/mol. The van der Waals surface area contributed by atoms with E-state index in [1.165, 1.54) is 12.8 Å². The average molecular weight is 202 g/mol. The molecule has 0 aliphatic heterocycles. The van der Waals surface area contributed by atoms with Crippen LogP contribution in [-0.2, 0) is 5.54 Å². The third kappa shape index (κ3) is 1.25. The van der Waals surface area contributed by atoms with Crippen molar-refractivity contribution in [2.75, 3.05) is 0 Å². The van der Waals surface area contributed by atoms with Gasteiger partial charge in [0.1, 0.15) is 0 Å². The summed E-state index contributed by atoms with van der Waals surface area (Å²) >= 11 is 0. The molecule has 1 saturated carbocycles. The molecule has 1 fully saturated rings. The third-order valence-corrected chi connectivity index (χ3v) is 3.22. The average Bonchev–Trinajstić information content (AvgIpc) is 2.98. The molecule has 1 aliphatic carbocycles. The zero-order valence-electron chi connectivity index (χ0n) is 8.72. The Bertz CT molecular complexity index is 496. The Balaban J connectivity index is 2.18. The second kappa shape index (κ2) is 2.79. The van der Waals surface area contributed by atoms with E-state index in [1.54, 1.807) is 0 Å². The molecule has 0 amide bonds. The van der Waals surface area contributed by atoms with Gasteiger partial charge in [0.15, 0.2) is 11.5 Å². The lowest BCUT2D eigenvalue weighted by Gasteiger charge is -2.21. The minimum absolute atomic E-state index is 0.346. The molecular formula is C11H14N4. The number of rotatable bonds is 2. The van der Waals surface area contributed by atoms with Crippen molar-refractivity contribution in [3.05, 3.63) is 30.2 Å². The van der Waals surface area contributed by atoms with Crippen LogP contribution in [0.3, 0.4) is 0 Å². The molecule has 2 heterocycles. The molecule has 0 saturated heterocycles. The highest BCUT2D eigenvalue weighted by atomic mass is 15.3. The zero-order valence-corrected chi connectivity index (χ0v) is 8.72. The molecule has 1 unspecified atom stereocenters. The van der Waals surface area contributed by atoms with Crippen molar-refractivity contribution in [3.8, 4) is 0 Å². The lowest BCUT2D eigenvalue weighted by molar-refractivity contribution is 0.397. The predicted octanol–water partition coefficient (Wildman–Crippen LogP) is 1.31. The van der Waals surface area contributed by atoms with Crippen LogP contribution in [0.1, 0.15) is 25.6 Å². The van der Waals surface area contributed by atoms with Crippen molar-refractivity contribution < 1.29 is 0 Å². The maximum atomic E-state index is 6.33. The van der Waals surface area contributed by atoms with Gasteiger partial charge in [-0.3, -0.25) is 4.40 Å². The smallest absolute Gasteiger partial charge is 0.160 e. The van der Waals surface area contributed by atoms with Gasteiger partial charge in [-0.1, -0.05) is 6.07 Å². The maximum absolute atomic E-state index is 6.33. The fraction of sp³-hybridized carbons (Fsp3) is 0.455. The Morgan fingerprint density at radius 2 is 2.20 bits per heavy atom. The summed E-state index contributed by atoms with van der Waals surface area (Å²) in [7, 11) is 0. The molecule has 4 nitrogen and oxygen atoms in total. The standard InChI is InChI=1S/C11H14N4/c1-11(12,8-5-6-8)10-14-13-9-4-2-3-7-15(9)10/h2-4,7-8H,5-6,12H2,1H3. The Kier molecular flexibility index (Phi) is 1.65. The highest BCUT2D eigenvalue weighted by Crippen LogP contribution is 2.43. The maximum Gasteiger partial charge on any atom is 0.160 e. The summed E-state index contributed by atoms with van der Waals surface area (Å²) in [6, 6.07) is 5.88. The van der Waals surface area contributed by atoms with Crippen LogP contribution in [0.2, 0.25) is 0 Å². The normalized spacial score (nSPS) is 20.4. The van der Waals surface area contributed by atoms with Gasteiger partial charge < -0.3 is 5.73 Å². The van der Waals surface area contributed by atoms with Crippen LogP contribution < -0.4 is 5.73 Å². The predicted molar refractivity (Wildman–Crippen MR) is 57.3 cm³/mol. The Hall–Kier alpha value is -1.42. The van der Waals surface area contributed by atoms with E-state index < -0.39 is 0 Å². The lowest BCUT2D eigenvalue weighted by atomic mass is 9.96. The summed E-state index contributed by atoms with van der Waals surface area (Å²) in [5.74, 6) is 1.44. The van der Waals surface area contributed by atoms with Crippen molar-refractivity contribution in [1.29, 1.82) is 0 Å².